The van der Waals surface area contributed by atoms with E-state index in [-0.39, 0.29) is 5.91 Å². The fourth-order valence-electron chi connectivity index (χ4n) is 1.78. The van der Waals surface area contributed by atoms with E-state index in [4.69, 9.17) is 11.5 Å². The molecule has 5 nitrogen and oxygen atoms in total. The maximum Gasteiger partial charge on any atom is 0.251 e. The molecule has 98 valence electrons. The highest BCUT2D eigenvalue weighted by atomic mass is 16.1. The minimum atomic E-state index is -0.220. The first kappa shape index (κ1) is 12.9. The van der Waals surface area contributed by atoms with Crippen LogP contribution in [-0.2, 0) is 6.54 Å². The minimum absolute atomic E-state index is 0.220. The van der Waals surface area contributed by atoms with Crippen LogP contribution in [0.3, 0.4) is 0 Å². The topological polar surface area (TPSA) is 94.0 Å². The van der Waals surface area contributed by atoms with Gasteiger partial charge in [-0.25, -0.2) is 0 Å². The molecule has 0 bridgehead atoms. The lowest BCUT2D eigenvalue weighted by Crippen LogP contribution is -2.23. The number of pyridine rings is 1. The molecule has 1 amide bonds. The van der Waals surface area contributed by atoms with E-state index in [1.54, 1.807) is 18.2 Å². The Hall–Kier alpha value is -2.56. The van der Waals surface area contributed by atoms with Gasteiger partial charge in [0.05, 0.1) is 12.2 Å². The van der Waals surface area contributed by atoms with Crippen LogP contribution in [0.5, 0.6) is 0 Å². The van der Waals surface area contributed by atoms with Gasteiger partial charge in [-0.15, -0.1) is 0 Å². The third-order valence-corrected chi connectivity index (χ3v) is 2.62. The van der Waals surface area contributed by atoms with Gasteiger partial charge in [0.1, 0.15) is 0 Å². The van der Waals surface area contributed by atoms with E-state index in [0.29, 0.717) is 23.5 Å². The summed E-state index contributed by atoms with van der Waals surface area (Å²) in [7, 11) is 0. The number of amides is 1. The molecule has 5 N–H and O–H groups in total. The van der Waals surface area contributed by atoms with Gasteiger partial charge in [-0.1, -0.05) is 6.07 Å². The summed E-state index contributed by atoms with van der Waals surface area (Å²) in [4.78, 5) is 16.3. The van der Waals surface area contributed by atoms with Crippen molar-refractivity contribution in [2.24, 2.45) is 0 Å². The maximum atomic E-state index is 12.0. The van der Waals surface area contributed by atoms with Crippen LogP contribution >= 0.6 is 0 Å². The molecule has 0 saturated carbocycles. The molecule has 0 atom stereocenters. The Kier molecular flexibility index (Phi) is 3.66. The van der Waals surface area contributed by atoms with E-state index < -0.39 is 0 Å². The van der Waals surface area contributed by atoms with Crippen LogP contribution < -0.4 is 16.8 Å². The number of rotatable bonds is 3. The zero-order valence-electron chi connectivity index (χ0n) is 10.7. The molecule has 2 rings (SSSR count). The molecule has 1 heterocycles. The van der Waals surface area contributed by atoms with E-state index in [2.05, 4.69) is 10.3 Å². The van der Waals surface area contributed by atoms with E-state index in [1.807, 2.05) is 25.1 Å². The highest BCUT2D eigenvalue weighted by Crippen LogP contribution is 2.13. The maximum absolute atomic E-state index is 12.0. The standard InChI is InChI=1S/C14H16N4O/c1-9-3-2-4-13(18-9)8-17-14(19)10-5-11(15)7-12(16)6-10/h2-7H,8,15-16H2,1H3,(H,17,19). The second kappa shape index (κ2) is 5.39. The molecule has 5 heteroatoms. The predicted molar refractivity (Wildman–Crippen MR) is 75.4 cm³/mol. The third-order valence-electron chi connectivity index (χ3n) is 2.62. The number of aromatic nitrogens is 1. The lowest BCUT2D eigenvalue weighted by molar-refractivity contribution is 0.0950. The zero-order valence-corrected chi connectivity index (χ0v) is 10.7. The summed E-state index contributed by atoms with van der Waals surface area (Å²) >= 11 is 0. The average molecular weight is 256 g/mol. The lowest BCUT2D eigenvalue weighted by atomic mass is 10.1. The van der Waals surface area contributed by atoms with Crippen molar-refractivity contribution in [2.75, 3.05) is 11.5 Å². The smallest absolute Gasteiger partial charge is 0.251 e. The number of carbonyl (C=O) groups is 1. The molecule has 19 heavy (non-hydrogen) atoms. The van der Waals surface area contributed by atoms with Crippen molar-refractivity contribution in [1.82, 2.24) is 10.3 Å². The molecule has 0 saturated heterocycles. The Morgan fingerprint density at radius 2 is 1.89 bits per heavy atom. The number of aryl methyl sites for hydroxylation is 1. The first-order valence-electron chi connectivity index (χ1n) is 5.91. The number of nitrogens with two attached hydrogens (primary N) is 2. The third kappa shape index (κ3) is 3.45. The van der Waals surface area contributed by atoms with Gasteiger partial charge in [-0.2, -0.15) is 0 Å². The van der Waals surface area contributed by atoms with E-state index in [1.165, 1.54) is 0 Å². The van der Waals surface area contributed by atoms with Gasteiger partial charge in [0.2, 0.25) is 0 Å². The van der Waals surface area contributed by atoms with Crippen molar-refractivity contribution >= 4 is 17.3 Å². The van der Waals surface area contributed by atoms with E-state index >= 15 is 0 Å². The number of hydrogen-bond donors (Lipinski definition) is 3. The van der Waals surface area contributed by atoms with Gasteiger partial charge in [-0.05, 0) is 37.3 Å². The van der Waals surface area contributed by atoms with Crippen LogP contribution in [0, 0.1) is 6.92 Å². The van der Waals surface area contributed by atoms with Crippen molar-refractivity contribution in [3.63, 3.8) is 0 Å². The summed E-state index contributed by atoms with van der Waals surface area (Å²) in [5.41, 5.74) is 14.4. The number of nitrogen functional groups attached to an aromatic ring is 2. The first-order valence-corrected chi connectivity index (χ1v) is 5.91. The molecular weight excluding hydrogens is 240 g/mol. The van der Waals surface area contributed by atoms with Gasteiger partial charge in [0.25, 0.3) is 5.91 Å². The second-order valence-corrected chi connectivity index (χ2v) is 4.34. The number of nitrogens with one attached hydrogen (secondary N) is 1. The van der Waals surface area contributed by atoms with E-state index in [9.17, 15) is 4.79 Å². The second-order valence-electron chi connectivity index (χ2n) is 4.34. The van der Waals surface area contributed by atoms with Gasteiger partial charge in [0.15, 0.2) is 0 Å². The molecule has 0 unspecified atom stereocenters. The molecule has 0 aliphatic heterocycles. The average Bonchev–Trinajstić information content (AvgIpc) is 2.35. The summed E-state index contributed by atoms with van der Waals surface area (Å²) in [5.74, 6) is -0.220. The van der Waals surface area contributed by atoms with Gasteiger partial charge < -0.3 is 16.8 Å². The Morgan fingerprint density at radius 3 is 2.53 bits per heavy atom. The molecule has 0 aliphatic rings. The molecule has 2 aromatic rings. The lowest BCUT2D eigenvalue weighted by Gasteiger charge is -2.07. The number of anilines is 2. The van der Waals surface area contributed by atoms with Crippen molar-refractivity contribution in [2.45, 2.75) is 13.5 Å². The van der Waals surface area contributed by atoms with Crippen LogP contribution in [0.1, 0.15) is 21.7 Å². The fourth-order valence-corrected chi connectivity index (χ4v) is 1.78. The van der Waals surface area contributed by atoms with E-state index in [0.717, 1.165) is 11.4 Å². The van der Waals surface area contributed by atoms with Crippen LogP contribution in [0.15, 0.2) is 36.4 Å². The van der Waals surface area contributed by atoms with Crippen LogP contribution in [-0.4, -0.2) is 10.9 Å². The largest absolute Gasteiger partial charge is 0.399 e. The number of carbonyl (C=O) groups excluding carboxylic acids is 1. The molecule has 0 fully saturated rings. The summed E-state index contributed by atoms with van der Waals surface area (Å²) in [6.45, 7) is 2.28. The Bertz CT molecular complexity index is 590. The van der Waals surface area contributed by atoms with Crippen molar-refractivity contribution < 1.29 is 4.79 Å². The number of nitrogens with zero attached hydrogens (tertiary/aromatic N) is 1. The molecule has 0 spiro atoms. The highest BCUT2D eigenvalue weighted by Gasteiger charge is 2.07. The summed E-state index contributed by atoms with van der Waals surface area (Å²) < 4.78 is 0. The monoisotopic (exact) mass is 256 g/mol. The Balaban J connectivity index is 2.05. The molecule has 0 radical (unpaired) electrons. The number of benzene rings is 1. The quantitative estimate of drug-likeness (QED) is 0.725. The summed E-state index contributed by atoms with van der Waals surface area (Å²) in [6, 6.07) is 10.5. The normalized spacial score (nSPS) is 10.2. The van der Waals surface area contributed by atoms with Crippen molar-refractivity contribution in [3.8, 4) is 0 Å². The molecule has 0 aliphatic carbocycles. The molecule has 1 aromatic heterocycles. The van der Waals surface area contributed by atoms with Crippen LogP contribution in [0.25, 0.3) is 0 Å². The Labute approximate surface area is 111 Å². The molecular formula is C14H16N4O. The zero-order chi connectivity index (χ0) is 13.8. The summed E-state index contributed by atoms with van der Waals surface area (Å²) in [6.07, 6.45) is 0. The Morgan fingerprint density at radius 1 is 1.21 bits per heavy atom. The van der Waals surface area contributed by atoms with Crippen molar-refractivity contribution in [1.29, 1.82) is 0 Å². The van der Waals surface area contributed by atoms with Crippen LogP contribution in [0.4, 0.5) is 11.4 Å². The molecule has 1 aromatic carbocycles. The summed E-state index contributed by atoms with van der Waals surface area (Å²) in [5, 5.41) is 2.78. The highest BCUT2D eigenvalue weighted by molar-refractivity contribution is 5.96. The minimum Gasteiger partial charge on any atom is -0.399 e. The van der Waals surface area contributed by atoms with Crippen molar-refractivity contribution in [3.05, 3.63) is 53.3 Å². The van der Waals surface area contributed by atoms with Gasteiger partial charge in [-0.3, -0.25) is 9.78 Å². The number of hydrogen-bond acceptors (Lipinski definition) is 4. The van der Waals surface area contributed by atoms with Gasteiger partial charge >= 0.3 is 0 Å². The predicted octanol–water partition coefficient (Wildman–Crippen LogP) is 1.48. The SMILES string of the molecule is Cc1cccc(CNC(=O)c2cc(N)cc(N)c2)n1. The van der Waals surface area contributed by atoms with Gasteiger partial charge in [0, 0.05) is 22.6 Å². The van der Waals surface area contributed by atoms with Crippen LogP contribution in [0.2, 0.25) is 0 Å². The fraction of sp³-hybridized carbons (Fsp3) is 0.143. The first-order chi connectivity index (χ1) is 9.04.